The molecule has 1 aliphatic heterocycles. The molecule has 4 aromatic rings. The first-order chi connectivity index (χ1) is 18.5. The number of rotatable bonds is 8. The normalized spacial score (nSPS) is 16.5. The summed E-state index contributed by atoms with van der Waals surface area (Å²) in [5.74, 6) is -0.205. The maximum atomic E-state index is 12.3. The summed E-state index contributed by atoms with van der Waals surface area (Å²) in [6.07, 6.45) is 4.37. The standard InChI is InChI=1S/C29H29N3O6S/c1-17(29(34)35)12-18-4-9-23(30-16-18)25-13-19-14-27(38-20-5-7-21(8-6-20)39(3,36)37)22(15-24(19)31-25)26-10-11-28(33)32(26)2/h4-9,13-17,26,31H,10-12H2,1-3H3,(H,34,35). The predicted molar refractivity (Wildman–Crippen MR) is 146 cm³/mol. The molecule has 0 spiro atoms. The Kier molecular flexibility index (Phi) is 6.90. The number of aliphatic carboxylic acids is 1. The fraction of sp³-hybridized carbons (Fsp3) is 0.276. The van der Waals surface area contributed by atoms with Crippen molar-refractivity contribution in [1.29, 1.82) is 0 Å². The number of likely N-dealkylation sites (tertiary alicyclic amines) is 1. The SMILES string of the molecule is CC(Cc1ccc(-c2cc3cc(Oc4ccc(S(C)(=O)=O)cc4)c(C4CCC(=O)N4C)cc3[nH]2)nc1)C(=O)O. The Morgan fingerprint density at radius 3 is 2.51 bits per heavy atom. The first-order valence-corrected chi connectivity index (χ1v) is 14.5. The molecule has 1 amide bonds. The number of carbonyl (C=O) groups excluding carboxylic acids is 1. The van der Waals surface area contributed by atoms with Crippen LogP contribution in [0.4, 0.5) is 0 Å². The van der Waals surface area contributed by atoms with Crippen molar-refractivity contribution in [2.24, 2.45) is 5.92 Å². The van der Waals surface area contributed by atoms with Crippen LogP contribution in [0.3, 0.4) is 0 Å². The number of amides is 1. The van der Waals surface area contributed by atoms with E-state index in [-0.39, 0.29) is 16.8 Å². The van der Waals surface area contributed by atoms with Gasteiger partial charge in [-0.1, -0.05) is 13.0 Å². The van der Waals surface area contributed by atoms with E-state index in [1.54, 1.807) is 37.2 Å². The minimum Gasteiger partial charge on any atom is -0.481 e. The number of aromatic nitrogens is 2. The molecule has 10 heteroatoms. The van der Waals surface area contributed by atoms with Gasteiger partial charge in [0.05, 0.1) is 28.2 Å². The first kappa shape index (κ1) is 26.4. The van der Waals surface area contributed by atoms with Crippen molar-refractivity contribution in [2.45, 2.75) is 37.1 Å². The predicted octanol–water partition coefficient (Wildman–Crippen LogP) is 4.98. The Labute approximate surface area is 226 Å². The van der Waals surface area contributed by atoms with E-state index in [0.29, 0.717) is 36.5 Å². The van der Waals surface area contributed by atoms with Crippen molar-refractivity contribution in [3.63, 3.8) is 0 Å². The van der Waals surface area contributed by atoms with Gasteiger partial charge in [0.25, 0.3) is 0 Å². The highest BCUT2D eigenvalue weighted by atomic mass is 32.2. The number of fused-ring (bicyclic) bond motifs is 1. The van der Waals surface area contributed by atoms with Gasteiger partial charge in [0.2, 0.25) is 5.91 Å². The molecule has 2 aromatic heterocycles. The van der Waals surface area contributed by atoms with Crippen molar-refractivity contribution in [3.8, 4) is 22.9 Å². The van der Waals surface area contributed by atoms with E-state index in [4.69, 9.17) is 9.84 Å². The van der Waals surface area contributed by atoms with Gasteiger partial charge in [-0.3, -0.25) is 14.6 Å². The molecule has 2 unspecified atom stereocenters. The summed E-state index contributed by atoms with van der Waals surface area (Å²) in [4.78, 5) is 33.4. The quantitative estimate of drug-likeness (QED) is 0.318. The average Bonchev–Trinajstić information content (AvgIpc) is 3.46. The van der Waals surface area contributed by atoms with Crippen molar-refractivity contribution >= 4 is 32.6 Å². The van der Waals surface area contributed by atoms with Crippen LogP contribution < -0.4 is 4.74 Å². The Balaban J connectivity index is 1.50. The lowest BCUT2D eigenvalue weighted by Crippen LogP contribution is -2.22. The van der Waals surface area contributed by atoms with Gasteiger partial charge in [0.1, 0.15) is 11.5 Å². The van der Waals surface area contributed by atoms with E-state index in [1.165, 1.54) is 12.1 Å². The molecule has 0 saturated carbocycles. The van der Waals surface area contributed by atoms with Gasteiger partial charge in [0.15, 0.2) is 9.84 Å². The number of pyridine rings is 1. The van der Waals surface area contributed by atoms with E-state index < -0.39 is 21.7 Å². The molecule has 39 heavy (non-hydrogen) atoms. The zero-order valence-electron chi connectivity index (χ0n) is 21.8. The topological polar surface area (TPSA) is 130 Å². The number of hydrogen-bond donors (Lipinski definition) is 2. The number of aromatic amines is 1. The van der Waals surface area contributed by atoms with Crippen LogP contribution >= 0.6 is 0 Å². The van der Waals surface area contributed by atoms with Crippen LogP contribution in [-0.2, 0) is 25.8 Å². The van der Waals surface area contributed by atoms with Gasteiger partial charge in [-0.05, 0) is 66.9 Å². The molecule has 2 atom stereocenters. The van der Waals surface area contributed by atoms with Gasteiger partial charge in [-0.25, -0.2) is 8.42 Å². The fourth-order valence-corrected chi connectivity index (χ4v) is 5.49. The van der Waals surface area contributed by atoms with Crippen LogP contribution in [0.15, 0.2) is 65.7 Å². The van der Waals surface area contributed by atoms with Gasteiger partial charge in [0, 0.05) is 42.4 Å². The average molecular weight is 548 g/mol. The van der Waals surface area contributed by atoms with Crippen LogP contribution in [0.1, 0.15) is 36.9 Å². The molecule has 3 heterocycles. The molecule has 0 bridgehead atoms. The molecule has 1 fully saturated rings. The van der Waals surface area contributed by atoms with Crippen LogP contribution in [0.2, 0.25) is 0 Å². The minimum absolute atomic E-state index is 0.0669. The molecule has 2 aromatic carbocycles. The molecule has 5 rings (SSSR count). The van der Waals surface area contributed by atoms with Gasteiger partial charge < -0.3 is 19.7 Å². The maximum Gasteiger partial charge on any atom is 0.306 e. The molecular weight excluding hydrogens is 518 g/mol. The van der Waals surface area contributed by atoms with Crippen LogP contribution in [0, 0.1) is 5.92 Å². The molecule has 9 nitrogen and oxygen atoms in total. The van der Waals surface area contributed by atoms with Gasteiger partial charge in [-0.2, -0.15) is 0 Å². The lowest BCUT2D eigenvalue weighted by molar-refractivity contribution is -0.141. The summed E-state index contributed by atoms with van der Waals surface area (Å²) in [5.41, 5.74) is 4.06. The number of carboxylic acids is 1. The van der Waals surface area contributed by atoms with Crippen LogP contribution in [0.25, 0.3) is 22.3 Å². The number of carbonyl (C=O) groups is 2. The molecule has 2 N–H and O–H groups in total. The van der Waals surface area contributed by atoms with E-state index in [9.17, 15) is 18.0 Å². The van der Waals surface area contributed by atoms with Crippen molar-refractivity contribution in [3.05, 3.63) is 71.9 Å². The third-order valence-electron chi connectivity index (χ3n) is 7.15. The second-order valence-corrected chi connectivity index (χ2v) is 12.1. The zero-order valence-corrected chi connectivity index (χ0v) is 22.7. The Morgan fingerprint density at radius 2 is 1.92 bits per heavy atom. The summed E-state index contributed by atoms with van der Waals surface area (Å²) in [5, 5.41) is 10.0. The van der Waals surface area contributed by atoms with Crippen LogP contribution in [-0.4, -0.2) is 53.6 Å². The fourth-order valence-electron chi connectivity index (χ4n) is 4.86. The maximum absolute atomic E-state index is 12.3. The largest absolute Gasteiger partial charge is 0.481 e. The van der Waals surface area contributed by atoms with E-state index in [0.717, 1.165) is 34.0 Å². The lowest BCUT2D eigenvalue weighted by Gasteiger charge is -2.23. The highest BCUT2D eigenvalue weighted by Gasteiger charge is 2.31. The smallest absolute Gasteiger partial charge is 0.306 e. The molecule has 0 radical (unpaired) electrons. The molecule has 0 aliphatic carbocycles. The second kappa shape index (κ2) is 10.2. The van der Waals surface area contributed by atoms with Gasteiger partial charge >= 0.3 is 5.97 Å². The Morgan fingerprint density at radius 1 is 1.18 bits per heavy atom. The highest BCUT2D eigenvalue weighted by molar-refractivity contribution is 7.90. The zero-order chi connectivity index (χ0) is 27.9. The number of sulfone groups is 1. The van der Waals surface area contributed by atoms with Crippen molar-refractivity contribution < 1.29 is 27.9 Å². The van der Waals surface area contributed by atoms with Crippen molar-refractivity contribution in [2.75, 3.05) is 13.3 Å². The number of ether oxygens (including phenoxy) is 1. The molecule has 1 aliphatic rings. The second-order valence-electron chi connectivity index (χ2n) is 10.1. The number of carboxylic acid groups (broad SMARTS) is 1. The monoisotopic (exact) mass is 547 g/mol. The first-order valence-electron chi connectivity index (χ1n) is 12.6. The lowest BCUT2D eigenvalue weighted by atomic mass is 10.0. The molecule has 202 valence electrons. The van der Waals surface area contributed by atoms with Crippen molar-refractivity contribution in [1.82, 2.24) is 14.9 Å². The summed E-state index contributed by atoms with van der Waals surface area (Å²) in [6, 6.07) is 15.7. The number of H-pyrrole nitrogens is 1. The third-order valence-corrected chi connectivity index (χ3v) is 8.27. The van der Waals surface area contributed by atoms with E-state index in [2.05, 4.69) is 9.97 Å². The van der Waals surface area contributed by atoms with Crippen LogP contribution in [0.5, 0.6) is 11.5 Å². The Bertz CT molecular complexity index is 1660. The number of nitrogens with one attached hydrogen (secondary N) is 1. The molecular formula is C29H29N3O6S. The number of hydrogen-bond acceptors (Lipinski definition) is 6. The van der Waals surface area contributed by atoms with Gasteiger partial charge in [-0.15, -0.1) is 0 Å². The Hall–Kier alpha value is -4.18. The summed E-state index contributed by atoms with van der Waals surface area (Å²) >= 11 is 0. The third kappa shape index (κ3) is 5.51. The summed E-state index contributed by atoms with van der Waals surface area (Å²) in [6.45, 7) is 1.67. The van der Waals surface area contributed by atoms with E-state index >= 15 is 0 Å². The summed E-state index contributed by atoms with van der Waals surface area (Å²) in [7, 11) is -1.54. The summed E-state index contributed by atoms with van der Waals surface area (Å²) < 4.78 is 29.9. The number of benzene rings is 2. The highest BCUT2D eigenvalue weighted by Crippen LogP contribution is 2.41. The van der Waals surface area contributed by atoms with E-state index in [1.807, 2.05) is 30.3 Å². The number of nitrogens with zero attached hydrogens (tertiary/aromatic N) is 2. The molecule has 1 saturated heterocycles. The minimum atomic E-state index is -3.33.